The Labute approximate surface area is 170 Å². The number of carbonyl (C=O) groups excluding carboxylic acids is 2. The molecule has 0 aromatic rings. The number of nitrogens with one attached hydrogen (secondary N) is 1. The summed E-state index contributed by atoms with van der Waals surface area (Å²) < 4.78 is 4.66. The molecule has 0 bridgehead atoms. The molecule has 0 radical (unpaired) electrons. The predicted octanol–water partition coefficient (Wildman–Crippen LogP) is 5.35. The second kappa shape index (κ2) is 7.65. The van der Waals surface area contributed by atoms with Gasteiger partial charge in [0.05, 0.1) is 7.11 Å². The fourth-order valence-electron chi connectivity index (χ4n) is 8.16. The molecule has 7 unspecified atom stereocenters. The van der Waals surface area contributed by atoms with Gasteiger partial charge in [-0.3, -0.25) is 4.79 Å². The van der Waals surface area contributed by atoms with Crippen molar-refractivity contribution in [3.8, 4) is 0 Å². The van der Waals surface area contributed by atoms with Gasteiger partial charge in [-0.05, 0) is 85.9 Å². The van der Waals surface area contributed by atoms with Crippen LogP contribution in [0.2, 0.25) is 0 Å². The van der Waals surface area contributed by atoms with Gasteiger partial charge in [0.15, 0.2) is 0 Å². The number of methoxy groups -OCH3 is 1. The molecule has 0 aromatic heterocycles. The van der Waals surface area contributed by atoms with Gasteiger partial charge < -0.3 is 10.1 Å². The molecule has 28 heavy (non-hydrogen) atoms. The van der Waals surface area contributed by atoms with E-state index in [1.807, 2.05) is 0 Å². The molecule has 0 aliphatic heterocycles. The SMILES string of the molecule is COC(=O)NCCCC1CCC2C3C(=O)CC4CCCCC4(C)C3CCC12C. The summed E-state index contributed by atoms with van der Waals surface area (Å²) in [4.78, 5) is 24.6. The molecule has 4 aliphatic carbocycles. The fraction of sp³-hybridized carbons (Fsp3) is 0.917. The number of fused-ring (bicyclic) bond motifs is 5. The van der Waals surface area contributed by atoms with Gasteiger partial charge in [-0.2, -0.15) is 0 Å². The lowest BCUT2D eigenvalue weighted by atomic mass is 9.44. The van der Waals surface area contributed by atoms with Crippen LogP contribution < -0.4 is 5.32 Å². The highest BCUT2D eigenvalue weighted by molar-refractivity contribution is 5.83. The van der Waals surface area contributed by atoms with E-state index in [2.05, 4.69) is 23.9 Å². The summed E-state index contributed by atoms with van der Waals surface area (Å²) in [6, 6.07) is 0. The van der Waals surface area contributed by atoms with Crippen molar-refractivity contribution in [3.63, 3.8) is 0 Å². The average molecular weight is 390 g/mol. The smallest absolute Gasteiger partial charge is 0.406 e. The van der Waals surface area contributed by atoms with Crippen LogP contribution in [0.15, 0.2) is 0 Å². The predicted molar refractivity (Wildman–Crippen MR) is 110 cm³/mol. The molecule has 1 amide bonds. The molecule has 0 heterocycles. The number of Topliss-reactive ketones (excluding diaryl/α,β-unsaturated/α-hetero) is 1. The fourth-order valence-corrected chi connectivity index (χ4v) is 8.16. The maximum absolute atomic E-state index is 13.3. The molecule has 4 rings (SSSR count). The van der Waals surface area contributed by atoms with Crippen LogP contribution in [0.25, 0.3) is 0 Å². The standard InChI is InChI=1S/C24H39NO3/c1-23-12-5-4-7-17(23)15-20(26)21-18-10-9-16(8-6-14-25-22(27)28-3)24(18,2)13-11-19(21)23/h16-19,21H,4-15H2,1-3H3,(H,25,27). The molecule has 0 aromatic carbocycles. The molecular formula is C24H39NO3. The minimum absolute atomic E-state index is 0.319. The van der Waals surface area contributed by atoms with Crippen molar-refractivity contribution in [2.45, 2.75) is 84.5 Å². The summed E-state index contributed by atoms with van der Waals surface area (Å²) in [5, 5.41) is 2.81. The maximum Gasteiger partial charge on any atom is 0.406 e. The molecule has 1 N–H and O–H groups in total. The van der Waals surface area contributed by atoms with Gasteiger partial charge >= 0.3 is 6.09 Å². The molecule has 4 nitrogen and oxygen atoms in total. The lowest BCUT2D eigenvalue weighted by molar-refractivity contribution is -0.155. The van der Waals surface area contributed by atoms with Crippen LogP contribution >= 0.6 is 0 Å². The van der Waals surface area contributed by atoms with E-state index < -0.39 is 0 Å². The van der Waals surface area contributed by atoms with E-state index in [0.29, 0.717) is 52.7 Å². The quantitative estimate of drug-likeness (QED) is 0.659. The van der Waals surface area contributed by atoms with Gasteiger partial charge in [0.25, 0.3) is 0 Å². The molecule has 4 saturated carbocycles. The Morgan fingerprint density at radius 2 is 1.86 bits per heavy atom. The summed E-state index contributed by atoms with van der Waals surface area (Å²) in [7, 11) is 1.41. The van der Waals surface area contributed by atoms with Crippen molar-refractivity contribution in [2.75, 3.05) is 13.7 Å². The van der Waals surface area contributed by atoms with Gasteiger partial charge in [-0.15, -0.1) is 0 Å². The Morgan fingerprint density at radius 1 is 1.07 bits per heavy atom. The first-order valence-corrected chi connectivity index (χ1v) is 11.7. The van der Waals surface area contributed by atoms with Crippen LogP contribution in [0.1, 0.15) is 84.5 Å². The van der Waals surface area contributed by atoms with E-state index in [-0.39, 0.29) is 6.09 Å². The van der Waals surface area contributed by atoms with Crippen molar-refractivity contribution >= 4 is 11.9 Å². The first kappa shape index (κ1) is 20.2. The third-order valence-electron chi connectivity index (χ3n) is 9.77. The van der Waals surface area contributed by atoms with Crippen molar-refractivity contribution < 1.29 is 14.3 Å². The molecule has 4 fully saturated rings. The third-order valence-corrected chi connectivity index (χ3v) is 9.77. The molecule has 158 valence electrons. The van der Waals surface area contributed by atoms with Crippen LogP contribution in [0.4, 0.5) is 4.79 Å². The second-order valence-corrected chi connectivity index (χ2v) is 10.7. The molecule has 4 heteroatoms. The van der Waals surface area contributed by atoms with E-state index in [4.69, 9.17) is 0 Å². The number of carbonyl (C=O) groups is 2. The maximum atomic E-state index is 13.3. The summed E-state index contributed by atoms with van der Waals surface area (Å²) in [6.07, 6.45) is 13.0. The van der Waals surface area contributed by atoms with Gasteiger partial charge in [0, 0.05) is 18.9 Å². The van der Waals surface area contributed by atoms with E-state index in [0.717, 1.165) is 19.3 Å². The molecule has 0 saturated heterocycles. The number of hydrogen-bond donors (Lipinski definition) is 1. The third kappa shape index (κ3) is 3.19. The van der Waals surface area contributed by atoms with Crippen molar-refractivity contribution in [1.29, 1.82) is 0 Å². The summed E-state index contributed by atoms with van der Waals surface area (Å²) >= 11 is 0. The van der Waals surface area contributed by atoms with Gasteiger partial charge in [-0.25, -0.2) is 4.79 Å². The van der Waals surface area contributed by atoms with Crippen molar-refractivity contribution in [3.05, 3.63) is 0 Å². The molecule has 0 spiro atoms. The van der Waals surface area contributed by atoms with Crippen LogP contribution in [-0.4, -0.2) is 25.5 Å². The largest absolute Gasteiger partial charge is 0.453 e. The van der Waals surface area contributed by atoms with E-state index in [1.54, 1.807) is 0 Å². The highest BCUT2D eigenvalue weighted by atomic mass is 16.5. The first-order chi connectivity index (χ1) is 13.4. The minimum atomic E-state index is -0.334. The number of rotatable bonds is 4. The molecule has 4 aliphatic rings. The van der Waals surface area contributed by atoms with Gasteiger partial charge in [0.1, 0.15) is 5.78 Å². The Hall–Kier alpha value is -1.06. The minimum Gasteiger partial charge on any atom is -0.453 e. The summed E-state index contributed by atoms with van der Waals surface area (Å²) in [5.74, 6) is 3.52. The topological polar surface area (TPSA) is 55.4 Å². The number of hydrogen-bond acceptors (Lipinski definition) is 3. The number of ether oxygens (including phenoxy) is 1. The van der Waals surface area contributed by atoms with Gasteiger partial charge in [-0.1, -0.05) is 26.7 Å². The zero-order valence-corrected chi connectivity index (χ0v) is 18.1. The zero-order chi connectivity index (χ0) is 19.9. The number of alkyl carbamates (subject to hydrolysis) is 1. The van der Waals surface area contributed by atoms with E-state index in [9.17, 15) is 9.59 Å². The molecule has 7 atom stereocenters. The highest BCUT2D eigenvalue weighted by Gasteiger charge is 2.61. The average Bonchev–Trinajstić information content (AvgIpc) is 3.02. The molecular weight excluding hydrogens is 350 g/mol. The lowest BCUT2D eigenvalue weighted by Crippen LogP contribution is -2.56. The monoisotopic (exact) mass is 389 g/mol. The van der Waals surface area contributed by atoms with Crippen molar-refractivity contribution in [1.82, 2.24) is 5.32 Å². The Morgan fingerprint density at radius 3 is 2.64 bits per heavy atom. The zero-order valence-electron chi connectivity index (χ0n) is 18.1. The number of ketones is 1. The van der Waals surface area contributed by atoms with Crippen LogP contribution in [0.5, 0.6) is 0 Å². The number of amides is 1. The second-order valence-electron chi connectivity index (χ2n) is 10.7. The van der Waals surface area contributed by atoms with Gasteiger partial charge in [0.2, 0.25) is 0 Å². The normalized spacial score (nSPS) is 45.0. The summed E-state index contributed by atoms with van der Waals surface area (Å²) in [6.45, 7) is 5.71. The van der Waals surface area contributed by atoms with E-state index >= 15 is 0 Å². The Balaban J connectivity index is 1.45. The van der Waals surface area contributed by atoms with Crippen LogP contribution in [0.3, 0.4) is 0 Å². The lowest BCUT2D eigenvalue weighted by Gasteiger charge is -2.59. The van der Waals surface area contributed by atoms with Crippen LogP contribution in [0, 0.1) is 40.4 Å². The van der Waals surface area contributed by atoms with Crippen LogP contribution in [-0.2, 0) is 9.53 Å². The Bertz CT molecular complexity index is 619. The first-order valence-electron chi connectivity index (χ1n) is 11.7. The highest BCUT2D eigenvalue weighted by Crippen LogP contribution is 2.67. The Kier molecular flexibility index (Phi) is 5.52. The van der Waals surface area contributed by atoms with Crippen molar-refractivity contribution in [2.24, 2.45) is 40.4 Å². The van der Waals surface area contributed by atoms with E-state index in [1.165, 1.54) is 58.5 Å². The summed E-state index contributed by atoms with van der Waals surface area (Å²) in [5.41, 5.74) is 0.737.